The van der Waals surface area contributed by atoms with Crippen molar-refractivity contribution in [2.45, 2.75) is 24.8 Å². The molecule has 0 radical (unpaired) electrons. The predicted molar refractivity (Wildman–Crippen MR) is 38.4 cm³/mol. The maximum Gasteiger partial charge on any atom is 0.252 e. The van der Waals surface area contributed by atoms with Gasteiger partial charge in [0.25, 0.3) is 5.92 Å². The Morgan fingerprint density at radius 2 is 2.25 bits per heavy atom. The van der Waals surface area contributed by atoms with Crippen molar-refractivity contribution in [2.24, 2.45) is 0 Å². The molecule has 1 aliphatic rings. The third-order valence-corrected chi connectivity index (χ3v) is 2.21. The van der Waals surface area contributed by atoms with Gasteiger partial charge in [0.05, 0.1) is 6.04 Å². The zero-order valence-electron chi connectivity index (χ0n) is 6.00. The monoisotopic (exact) mass is 192 g/mol. The quantitative estimate of drug-likeness (QED) is 0.682. The molecule has 12 heavy (non-hydrogen) atoms. The van der Waals surface area contributed by atoms with Crippen molar-refractivity contribution in [1.82, 2.24) is 20.2 Å². The van der Waals surface area contributed by atoms with E-state index in [1.807, 2.05) is 0 Å². The van der Waals surface area contributed by atoms with Crippen molar-refractivity contribution < 1.29 is 8.78 Å². The maximum absolute atomic E-state index is 12.4. The number of aromatic nitrogens is 4. The molecule has 0 saturated heterocycles. The molecule has 1 heterocycles. The lowest BCUT2D eigenvalue weighted by Gasteiger charge is -2.34. The van der Waals surface area contributed by atoms with Gasteiger partial charge in [0.2, 0.25) is 4.77 Å². The Bertz CT molecular complexity index is 335. The highest BCUT2D eigenvalue weighted by molar-refractivity contribution is 7.71. The fraction of sp³-hybridized carbons (Fsp3) is 0.800. The zero-order chi connectivity index (χ0) is 8.77. The van der Waals surface area contributed by atoms with Gasteiger partial charge in [-0.05, 0) is 12.2 Å². The first kappa shape index (κ1) is 7.78. The summed E-state index contributed by atoms with van der Waals surface area (Å²) in [6.07, 6.45) is -0.351. The number of H-pyrrole nitrogens is 1. The van der Waals surface area contributed by atoms with Crippen LogP contribution >= 0.6 is 12.2 Å². The molecule has 1 aliphatic carbocycles. The van der Waals surface area contributed by atoms with E-state index >= 15 is 0 Å². The number of rotatable bonds is 1. The van der Waals surface area contributed by atoms with E-state index in [2.05, 4.69) is 15.5 Å². The summed E-state index contributed by atoms with van der Waals surface area (Å²) in [6.45, 7) is 0. The highest BCUT2D eigenvalue weighted by atomic mass is 32.1. The summed E-state index contributed by atoms with van der Waals surface area (Å²) in [4.78, 5) is 0. The Labute approximate surface area is 71.6 Å². The number of aromatic amines is 1. The van der Waals surface area contributed by atoms with Crippen LogP contribution in [0.2, 0.25) is 0 Å². The lowest BCUT2D eigenvalue weighted by Crippen LogP contribution is -2.37. The van der Waals surface area contributed by atoms with E-state index in [4.69, 9.17) is 12.2 Å². The predicted octanol–water partition coefficient (Wildman–Crippen LogP) is 1.31. The number of hydrogen-bond acceptors (Lipinski definition) is 3. The molecule has 0 bridgehead atoms. The Hall–Kier alpha value is -0.850. The van der Waals surface area contributed by atoms with Crippen LogP contribution in [0.4, 0.5) is 8.78 Å². The van der Waals surface area contributed by atoms with Crippen LogP contribution < -0.4 is 0 Å². The highest BCUT2D eigenvalue weighted by Gasteiger charge is 2.46. The molecular weight excluding hydrogens is 186 g/mol. The van der Waals surface area contributed by atoms with E-state index in [0.717, 1.165) is 0 Å². The molecule has 0 amide bonds. The minimum atomic E-state index is -2.54. The van der Waals surface area contributed by atoms with E-state index in [9.17, 15) is 8.78 Å². The summed E-state index contributed by atoms with van der Waals surface area (Å²) in [5.41, 5.74) is 0. The summed E-state index contributed by atoms with van der Waals surface area (Å²) in [7, 11) is 0. The molecule has 2 rings (SSSR count). The molecule has 1 N–H and O–H groups in total. The molecule has 0 aromatic carbocycles. The molecular formula is C5H6F2N4S. The van der Waals surface area contributed by atoms with E-state index in [-0.39, 0.29) is 23.7 Å². The van der Waals surface area contributed by atoms with Crippen molar-refractivity contribution in [3.63, 3.8) is 0 Å². The number of nitrogens with one attached hydrogen (secondary N) is 1. The molecule has 4 nitrogen and oxygen atoms in total. The third kappa shape index (κ3) is 1.13. The molecule has 1 fully saturated rings. The molecule has 1 saturated carbocycles. The second kappa shape index (κ2) is 2.32. The molecule has 1 aromatic rings. The average molecular weight is 192 g/mol. The van der Waals surface area contributed by atoms with E-state index in [1.54, 1.807) is 0 Å². The van der Waals surface area contributed by atoms with Crippen LogP contribution in [-0.2, 0) is 0 Å². The number of hydrogen-bond donors (Lipinski definition) is 1. The molecule has 7 heteroatoms. The van der Waals surface area contributed by atoms with Crippen LogP contribution in [0.5, 0.6) is 0 Å². The molecule has 66 valence electrons. The van der Waals surface area contributed by atoms with Gasteiger partial charge in [-0.15, -0.1) is 0 Å². The van der Waals surface area contributed by atoms with Crippen molar-refractivity contribution >= 4 is 12.2 Å². The molecule has 0 unspecified atom stereocenters. The van der Waals surface area contributed by atoms with Crippen LogP contribution in [-0.4, -0.2) is 26.1 Å². The second-order valence-corrected chi connectivity index (χ2v) is 3.24. The molecule has 0 atom stereocenters. The van der Waals surface area contributed by atoms with Crippen LogP contribution in [0.1, 0.15) is 18.9 Å². The number of nitrogens with zero attached hydrogens (tertiary/aromatic N) is 3. The van der Waals surface area contributed by atoms with Crippen molar-refractivity contribution in [3.8, 4) is 0 Å². The lowest BCUT2D eigenvalue weighted by molar-refractivity contribution is -0.107. The smallest absolute Gasteiger partial charge is 0.239 e. The van der Waals surface area contributed by atoms with Gasteiger partial charge in [0.15, 0.2) is 0 Å². The molecule has 0 spiro atoms. The summed E-state index contributed by atoms with van der Waals surface area (Å²) < 4.78 is 26.4. The topological polar surface area (TPSA) is 46.5 Å². The number of alkyl halides is 2. The minimum absolute atomic E-state index is 0.175. The summed E-state index contributed by atoms with van der Waals surface area (Å²) in [5, 5.41) is 9.37. The first-order valence-corrected chi connectivity index (χ1v) is 3.87. The van der Waals surface area contributed by atoms with Crippen molar-refractivity contribution in [1.29, 1.82) is 0 Å². The van der Waals surface area contributed by atoms with Crippen LogP contribution in [0.3, 0.4) is 0 Å². The third-order valence-electron chi connectivity index (χ3n) is 1.93. The fourth-order valence-corrected chi connectivity index (χ4v) is 1.49. The van der Waals surface area contributed by atoms with Gasteiger partial charge in [0, 0.05) is 12.8 Å². The fourth-order valence-electron chi connectivity index (χ4n) is 1.25. The van der Waals surface area contributed by atoms with Gasteiger partial charge in [-0.2, -0.15) is 5.21 Å². The standard InChI is InChI=1S/C5H6F2N4S/c6-5(7)1-3(2-5)11-4(12)8-9-10-11/h3H,1-2H2,(H,8,10,12). The SMILES string of the molecule is FC1(F)CC(n2[nH]nnc2=S)C1. The second-order valence-electron chi connectivity index (χ2n) is 2.87. The Morgan fingerprint density at radius 3 is 2.67 bits per heavy atom. The summed E-state index contributed by atoms with van der Waals surface area (Å²) in [6, 6.07) is -0.262. The van der Waals surface area contributed by atoms with Gasteiger partial charge in [-0.3, -0.25) is 0 Å². The van der Waals surface area contributed by atoms with Gasteiger partial charge in [0.1, 0.15) is 0 Å². The Morgan fingerprint density at radius 1 is 1.58 bits per heavy atom. The normalized spacial score (nSPS) is 22.2. The Balaban J connectivity index is 2.16. The highest BCUT2D eigenvalue weighted by Crippen LogP contribution is 2.44. The lowest BCUT2D eigenvalue weighted by atomic mass is 9.88. The number of tetrazole rings is 1. The summed E-state index contributed by atoms with van der Waals surface area (Å²) >= 11 is 4.75. The zero-order valence-corrected chi connectivity index (χ0v) is 6.81. The first-order valence-electron chi connectivity index (χ1n) is 3.46. The van der Waals surface area contributed by atoms with Crippen LogP contribution in [0.15, 0.2) is 0 Å². The van der Waals surface area contributed by atoms with Crippen LogP contribution in [0, 0.1) is 4.77 Å². The average Bonchev–Trinajstić information content (AvgIpc) is 2.30. The van der Waals surface area contributed by atoms with Crippen molar-refractivity contribution in [3.05, 3.63) is 4.77 Å². The molecule has 0 aliphatic heterocycles. The molecule has 1 aromatic heterocycles. The number of halogens is 2. The van der Waals surface area contributed by atoms with E-state index < -0.39 is 5.92 Å². The van der Waals surface area contributed by atoms with Gasteiger partial charge < -0.3 is 0 Å². The van der Waals surface area contributed by atoms with Gasteiger partial charge in [-0.1, -0.05) is 10.3 Å². The van der Waals surface area contributed by atoms with E-state index in [0.29, 0.717) is 0 Å². The van der Waals surface area contributed by atoms with Gasteiger partial charge >= 0.3 is 0 Å². The van der Waals surface area contributed by atoms with Crippen LogP contribution in [0.25, 0.3) is 0 Å². The maximum atomic E-state index is 12.4. The van der Waals surface area contributed by atoms with Gasteiger partial charge in [-0.25, -0.2) is 13.5 Å². The summed E-state index contributed by atoms with van der Waals surface area (Å²) in [5.74, 6) is -2.54. The van der Waals surface area contributed by atoms with E-state index in [1.165, 1.54) is 4.68 Å². The van der Waals surface area contributed by atoms with Crippen molar-refractivity contribution in [2.75, 3.05) is 0 Å². The largest absolute Gasteiger partial charge is 0.252 e. The Kier molecular flexibility index (Phi) is 1.50. The minimum Gasteiger partial charge on any atom is -0.239 e. The first-order chi connectivity index (χ1) is 5.58.